The highest BCUT2D eigenvalue weighted by Gasteiger charge is 2.18. The Kier molecular flexibility index (Phi) is 6.73. The standard InChI is InChI=1S/C26H24FNO4/c1-5-18(11-10-16(3)27)24-14-23(29)21-13-15(2)12-20(25(21)32-24)17(4)28-22-9-7-6-8-19(22)26(30)31/h5-14,17,28H,3H2,1-2,4H3,(H,30,31)/b11-10-,18-5+. The summed E-state index contributed by atoms with van der Waals surface area (Å²) in [6, 6.07) is 11.3. The van der Waals surface area contributed by atoms with Crippen LogP contribution in [0.2, 0.25) is 0 Å². The molecular weight excluding hydrogens is 409 g/mol. The number of rotatable bonds is 7. The molecule has 0 amide bonds. The van der Waals surface area contributed by atoms with Gasteiger partial charge in [-0.2, -0.15) is 0 Å². The van der Waals surface area contributed by atoms with Gasteiger partial charge in [0.2, 0.25) is 0 Å². The van der Waals surface area contributed by atoms with E-state index in [4.69, 9.17) is 4.42 Å². The minimum Gasteiger partial charge on any atom is -0.478 e. The minimum atomic E-state index is -1.04. The summed E-state index contributed by atoms with van der Waals surface area (Å²) in [6.45, 7) is 8.70. The van der Waals surface area contributed by atoms with Gasteiger partial charge in [0, 0.05) is 22.9 Å². The second kappa shape index (κ2) is 9.47. The predicted octanol–water partition coefficient (Wildman–Crippen LogP) is 6.42. The molecule has 0 saturated heterocycles. The van der Waals surface area contributed by atoms with Crippen LogP contribution in [0.1, 0.15) is 47.1 Å². The topological polar surface area (TPSA) is 79.5 Å². The molecule has 5 nitrogen and oxygen atoms in total. The van der Waals surface area contributed by atoms with E-state index in [1.54, 1.807) is 37.3 Å². The van der Waals surface area contributed by atoms with E-state index in [1.807, 2.05) is 19.9 Å². The van der Waals surface area contributed by atoms with E-state index >= 15 is 0 Å². The van der Waals surface area contributed by atoms with Gasteiger partial charge in [0.05, 0.1) is 17.0 Å². The van der Waals surface area contributed by atoms with Gasteiger partial charge >= 0.3 is 5.97 Å². The fourth-order valence-electron chi connectivity index (χ4n) is 3.51. The van der Waals surface area contributed by atoms with Crippen LogP contribution in [0, 0.1) is 6.92 Å². The first-order chi connectivity index (χ1) is 15.2. The summed E-state index contributed by atoms with van der Waals surface area (Å²) in [5.74, 6) is -1.35. The van der Waals surface area contributed by atoms with Crippen molar-refractivity contribution >= 4 is 28.2 Å². The van der Waals surface area contributed by atoms with E-state index in [0.29, 0.717) is 33.6 Å². The number of hydrogen-bond acceptors (Lipinski definition) is 4. The third-order valence-corrected chi connectivity index (χ3v) is 5.04. The number of hydrogen-bond donors (Lipinski definition) is 2. The molecule has 0 aliphatic heterocycles. The first-order valence-corrected chi connectivity index (χ1v) is 10.1. The highest BCUT2D eigenvalue weighted by molar-refractivity contribution is 5.94. The highest BCUT2D eigenvalue weighted by Crippen LogP contribution is 2.30. The molecule has 1 heterocycles. The van der Waals surface area contributed by atoms with Gasteiger partial charge < -0.3 is 14.8 Å². The van der Waals surface area contributed by atoms with Gasteiger partial charge in [-0.25, -0.2) is 9.18 Å². The zero-order chi connectivity index (χ0) is 23.4. The van der Waals surface area contributed by atoms with Crippen LogP contribution in [0.3, 0.4) is 0 Å². The Morgan fingerprint density at radius 2 is 1.94 bits per heavy atom. The average molecular weight is 433 g/mol. The predicted molar refractivity (Wildman–Crippen MR) is 126 cm³/mol. The van der Waals surface area contributed by atoms with Gasteiger partial charge in [-0.3, -0.25) is 4.79 Å². The smallest absolute Gasteiger partial charge is 0.337 e. The Hall–Kier alpha value is -3.93. The number of para-hydroxylation sites is 1. The lowest BCUT2D eigenvalue weighted by Crippen LogP contribution is -2.12. The van der Waals surface area contributed by atoms with Gasteiger partial charge in [0.15, 0.2) is 5.43 Å². The molecule has 2 N–H and O–H groups in total. The number of carboxylic acids is 1. The lowest BCUT2D eigenvalue weighted by atomic mass is 10.00. The lowest BCUT2D eigenvalue weighted by molar-refractivity contribution is 0.0698. The minimum absolute atomic E-state index is 0.145. The Morgan fingerprint density at radius 1 is 1.22 bits per heavy atom. The molecule has 0 fully saturated rings. The van der Waals surface area contributed by atoms with Crippen molar-refractivity contribution in [2.24, 2.45) is 0 Å². The second-order valence-electron chi connectivity index (χ2n) is 7.45. The molecule has 0 radical (unpaired) electrons. The molecule has 0 aliphatic rings. The summed E-state index contributed by atoms with van der Waals surface area (Å²) in [4.78, 5) is 24.5. The number of fused-ring (bicyclic) bond motifs is 1. The maximum atomic E-state index is 13.1. The molecule has 0 spiro atoms. The Balaban J connectivity index is 2.15. The average Bonchev–Trinajstić information content (AvgIpc) is 2.74. The summed E-state index contributed by atoms with van der Waals surface area (Å²) in [7, 11) is 0. The van der Waals surface area contributed by atoms with E-state index in [2.05, 4.69) is 11.9 Å². The molecule has 1 atom stereocenters. The van der Waals surface area contributed by atoms with E-state index in [1.165, 1.54) is 24.3 Å². The first kappa shape index (κ1) is 22.7. The fourth-order valence-corrected chi connectivity index (χ4v) is 3.51. The number of benzene rings is 2. The Morgan fingerprint density at radius 3 is 2.59 bits per heavy atom. The van der Waals surface area contributed by atoms with Crippen molar-refractivity contribution in [2.45, 2.75) is 26.8 Å². The van der Waals surface area contributed by atoms with Gasteiger partial charge in [0.1, 0.15) is 17.2 Å². The third-order valence-electron chi connectivity index (χ3n) is 5.04. The van der Waals surface area contributed by atoms with Crippen molar-refractivity contribution in [1.82, 2.24) is 0 Å². The summed E-state index contributed by atoms with van der Waals surface area (Å²) in [5.41, 5.74) is 2.87. The number of nitrogens with one attached hydrogen (secondary N) is 1. The molecule has 3 rings (SSSR count). The number of aryl methyl sites for hydroxylation is 1. The normalized spacial score (nSPS) is 12.8. The van der Waals surface area contributed by atoms with Crippen molar-refractivity contribution in [1.29, 1.82) is 0 Å². The zero-order valence-corrected chi connectivity index (χ0v) is 18.1. The van der Waals surface area contributed by atoms with Crippen LogP contribution < -0.4 is 10.7 Å². The molecule has 32 heavy (non-hydrogen) atoms. The monoisotopic (exact) mass is 433 g/mol. The number of anilines is 1. The number of allylic oxidation sites excluding steroid dienone is 5. The zero-order valence-electron chi connectivity index (χ0n) is 18.1. The van der Waals surface area contributed by atoms with Crippen LogP contribution in [0.4, 0.5) is 10.1 Å². The molecular formula is C26H24FNO4. The van der Waals surface area contributed by atoms with E-state index in [0.717, 1.165) is 5.56 Å². The number of carboxylic acid groups (broad SMARTS) is 1. The van der Waals surface area contributed by atoms with Crippen molar-refractivity contribution in [3.63, 3.8) is 0 Å². The molecule has 1 aromatic heterocycles. The van der Waals surface area contributed by atoms with Crippen molar-refractivity contribution < 1.29 is 18.7 Å². The molecule has 164 valence electrons. The van der Waals surface area contributed by atoms with Crippen molar-refractivity contribution in [3.05, 3.63) is 106 Å². The maximum Gasteiger partial charge on any atom is 0.337 e. The number of carbonyl (C=O) groups is 1. The summed E-state index contributed by atoms with van der Waals surface area (Å²) < 4.78 is 19.2. The lowest BCUT2D eigenvalue weighted by Gasteiger charge is -2.19. The van der Waals surface area contributed by atoms with Crippen molar-refractivity contribution in [3.8, 4) is 0 Å². The summed E-state index contributed by atoms with van der Waals surface area (Å²) in [5, 5.41) is 13.1. The molecule has 1 unspecified atom stereocenters. The second-order valence-corrected chi connectivity index (χ2v) is 7.45. The van der Waals surface area contributed by atoms with E-state index < -0.39 is 11.8 Å². The molecule has 2 aromatic carbocycles. The number of aromatic carboxylic acids is 1. The highest BCUT2D eigenvalue weighted by atomic mass is 19.1. The van der Waals surface area contributed by atoms with Crippen LogP contribution in [-0.4, -0.2) is 11.1 Å². The maximum absolute atomic E-state index is 13.1. The quantitative estimate of drug-likeness (QED) is 0.421. The fraction of sp³-hybridized carbons (Fsp3) is 0.154. The van der Waals surface area contributed by atoms with Crippen LogP contribution in [0.25, 0.3) is 16.5 Å². The van der Waals surface area contributed by atoms with Gasteiger partial charge in [-0.05, 0) is 56.7 Å². The summed E-state index contributed by atoms with van der Waals surface area (Å²) in [6.07, 6.45) is 4.40. The number of halogens is 1. The largest absolute Gasteiger partial charge is 0.478 e. The molecule has 0 bridgehead atoms. The van der Waals surface area contributed by atoms with Gasteiger partial charge in [-0.1, -0.05) is 30.9 Å². The van der Waals surface area contributed by atoms with Gasteiger partial charge in [0.25, 0.3) is 0 Å². The Labute approximate surface area is 185 Å². The van der Waals surface area contributed by atoms with Crippen LogP contribution in [0.15, 0.2) is 82.3 Å². The molecule has 3 aromatic rings. The van der Waals surface area contributed by atoms with Crippen LogP contribution in [0.5, 0.6) is 0 Å². The van der Waals surface area contributed by atoms with Crippen LogP contribution >= 0.6 is 0 Å². The van der Waals surface area contributed by atoms with Crippen LogP contribution in [-0.2, 0) is 0 Å². The first-order valence-electron chi connectivity index (χ1n) is 10.1. The SMILES string of the molecule is C=C(F)/C=C\C(=C/C)c1cc(=O)c2cc(C)cc(C(C)Nc3ccccc3C(=O)O)c2o1. The van der Waals surface area contributed by atoms with Crippen molar-refractivity contribution in [2.75, 3.05) is 5.32 Å². The Bertz CT molecular complexity index is 1320. The van der Waals surface area contributed by atoms with Gasteiger partial charge in [-0.15, -0.1) is 0 Å². The van der Waals surface area contributed by atoms with E-state index in [-0.39, 0.29) is 17.0 Å². The molecule has 6 heteroatoms. The molecule has 0 aliphatic carbocycles. The molecule has 0 saturated carbocycles. The van der Waals surface area contributed by atoms with E-state index in [9.17, 15) is 19.1 Å². The summed E-state index contributed by atoms with van der Waals surface area (Å²) >= 11 is 0. The third kappa shape index (κ3) is 4.86.